The first-order chi connectivity index (χ1) is 16.8. The standard InChI is InChI=1S/C26H24Cl2N4O2S/c1-17-5-7-19(8-6-17)25(34)32-15-13-31(14-16-32)23-21(28)3-2-4-22(23)29-26(35)30-24(33)18-9-11-20(27)12-10-18/h2-12H,13-16H2,1H3,(H2,29,30,33,35). The molecule has 0 aromatic heterocycles. The number of nitrogens with one attached hydrogen (secondary N) is 2. The highest BCUT2D eigenvalue weighted by Crippen LogP contribution is 2.34. The molecule has 1 saturated heterocycles. The largest absolute Gasteiger partial charge is 0.365 e. The zero-order valence-electron chi connectivity index (χ0n) is 19.1. The molecule has 180 valence electrons. The molecule has 0 atom stereocenters. The average molecular weight is 527 g/mol. The number of para-hydroxylation sites is 1. The second-order valence-corrected chi connectivity index (χ2v) is 9.45. The lowest BCUT2D eigenvalue weighted by atomic mass is 10.1. The van der Waals surface area contributed by atoms with E-state index in [9.17, 15) is 9.59 Å². The zero-order valence-corrected chi connectivity index (χ0v) is 21.4. The first-order valence-electron chi connectivity index (χ1n) is 11.1. The number of halogens is 2. The van der Waals surface area contributed by atoms with E-state index in [0.717, 1.165) is 11.3 Å². The van der Waals surface area contributed by atoms with E-state index >= 15 is 0 Å². The van der Waals surface area contributed by atoms with Gasteiger partial charge in [-0.3, -0.25) is 14.9 Å². The summed E-state index contributed by atoms with van der Waals surface area (Å²) in [5.74, 6) is -0.320. The van der Waals surface area contributed by atoms with Crippen LogP contribution in [0.3, 0.4) is 0 Å². The van der Waals surface area contributed by atoms with Crippen molar-refractivity contribution in [1.82, 2.24) is 10.2 Å². The number of amides is 2. The van der Waals surface area contributed by atoms with Crippen molar-refractivity contribution in [3.8, 4) is 0 Å². The number of anilines is 2. The molecule has 35 heavy (non-hydrogen) atoms. The van der Waals surface area contributed by atoms with Crippen molar-refractivity contribution in [2.24, 2.45) is 0 Å². The molecule has 1 aliphatic heterocycles. The van der Waals surface area contributed by atoms with Crippen molar-refractivity contribution < 1.29 is 9.59 Å². The average Bonchev–Trinajstić information content (AvgIpc) is 2.85. The summed E-state index contributed by atoms with van der Waals surface area (Å²) in [7, 11) is 0. The SMILES string of the molecule is Cc1ccc(C(=O)N2CCN(c3c(Cl)cccc3NC(=S)NC(=O)c3ccc(Cl)cc3)CC2)cc1. The third-order valence-corrected chi connectivity index (χ3v) is 6.51. The van der Waals surface area contributed by atoms with Gasteiger partial charge in [0.15, 0.2) is 5.11 Å². The summed E-state index contributed by atoms with van der Waals surface area (Å²) in [4.78, 5) is 29.3. The van der Waals surface area contributed by atoms with Gasteiger partial charge in [0.25, 0.3) is 11.8 Å². The van der Waals surface area contributed by atoms with Gasteiger partial charge in [-0.2, -0.15) is 0 Å². The van der Waals surface area contributed by atoms with Crippen LogP contribution in [0.15, 0.2) is 66.7 Å². The molecule has 0 spiro atoms. The molecule has 3 aromatic carbocycles. The first-order valence-corrected chi connectivity index (χ1v) is 12.3. The number of carbonyl (C=O) groups is 2. The Balaban J connectivity index is 1.41. The van der Waals surface area contributed by atoms with E-state index in [1.165, 1.54) is 0 Å². The fourth-order valence-corrected chi connectivity index (χ4v) is 4.50. The Labute approximate surface area is 219 Å². The van der Waals surface area contributed by atoms with E-state index < -0.39 is 0 Å². The molecule has 9 heteroatoms. The molecular formula is C26H24Cl2N4O2S. The predicted octanol–water partition coefficient (Wildman–Crippen LogP) is 5.39. The van der Waals surface area contributed by atoms with E-state index in [1.54, 1.807) is 30.3 Å². The predicted molar refractivity (Wildman–Crippen MR) is 146 cm³/mol. The van der Waals surface area contributed by atoms with Crippen LogP contribution in [0, 0.1) is 6.92 Å². The van der Waals surface area contributed by atoms with Gasteiger partial charge in [-0.25, -0.2) is 0 Å². The number of thiocarbonyl (C=S) groups is 1. The Hall–Kier alpha value is -3.13. The summed E-state index contributed by atoms with van der Waals surface area (Å²) in [5, 5.41) is 7.03. The van der Waals surface area contributed by atoms with E-state index in [0.29, 0.717) is 53.0 Å². The number of nitrogens with zero attached hydrogens (tertiary/aromatic N) is 2. The highest BCUT2D eigenvalue weighted by molar-refractivity contribution is 7.80. The van der Waals surface area contributed by atoms with Crippen LogP contribution >= 0.6 is 35.4 Å². The molecule has 1 fully saturated rings. The molecule has 0 saturated carbocycles. The number of hydrogen-bond donors (Lipinski definition) is 2. The fraction of sp³-hybridized carbons (Fsp3) is 0.192. The Kier molecular flexibility index (Phi) is 7.90. The third kappa shape index (κ3) is 6.11. The van der Waals surface area contributed by atoms with Crippen LogP contribution in [0.5, 0.6) is 0 Å². The molecule has 2 amide bonds. The zero-order chi connectivity index (χ0) is 24.9. The minimum Gasteiger partial charge on any atom is -0.365 e. The molecule has 4 rings (SSSR count). The van der Waals surface area contributed by atoms with Gasteiger partial charge in [-0.1, -0.05) is 47.0 Å². The van der Waals surface area contributed by atoms with Crippen molar-refractivity contribution >= 4 is 63.7 Å². The number of aryl methyl sites for hydroxylation is 1. The molecule has 2 N–H and O–H groups in total. The van der Waals surface area contributed by atoms with Crippen molar-refractivity contribution in [1.29, 1.82) is 0 Å². The van der Waals surface area contributed by atoms with E-state index in [4.69, 9.17) is 35.4 Å². The quantitative estimate of drug-likeness (QED) is 0.446. The van der Waals surface area contributed by atoms with E-state index in [-0.39, 0.29) is 16.9 Å². The number of piperazine rings is 1. The molecule has 3 aromatic rings. The summed E-state index contributed by atoms with van der Waals surface area (Å²) in [6.45, 7) is 4.35. The Morgan fingerprint density at radius 3 is 2.14 bits per heavy atom. The lowest BCUT2D eigenvalue weighted by Gasteiger charge is -2.37. The highest BCUT2D eigenvalue weighted by atomic mass is 35.5. The Morgan fingerprint density at radius 1 is 0.857 bits per heavy atom. The maximum atomic E-state index is 12.9. The second kappa shape index (κ2) is 11.1. The van der Waals surface area contributed by atoms with Crippen LogP contribution in [0.1, 0.15) is 26.3 Å². The maximum absolute atomic E-state index is 12.9. The Morgan fingerprint density at radius 2 is 1.49 bits per heavy atom. The van der Waals surface area contributed by atoms with Crippen LogP contribution in [-0.4, -0.2) is 48.0 Å². The van der Waals surface area contributed by atoms with Crippen LogP contribution in [-0.2, 0) is 0 Å². The van der Waals surface area contributed by atoms with Gasteiger partial charge in [0, 0.05) is 42.3 Å². The topological polar surface area (TPSA) is 64.7 Å². The summed E-state index contributed by atoms with van der Waals surface area (Å²) in [6, 6.07) is 19.6. The number of carbonyl (C=O) groups excluding carboxylic acids is 2. The lowest BCUT2D eigenvalue weighted by Crippen LogP contribution is -2.49. The third-order valence-electron chi connectivity index (χ3n) is 5.75. The van der Waals surface area contributed by atoms with Crippen LogP contribution in [0.25, 0.3) is 0 Å². The summed E-state index contributed by atoms with van der Waals surface area (Å²) >= 11 is 17.8. The normalized spacial score (nSPS) is 13.3. The highest BCUT2D eigenvalue weighted by Gasteiger charge is 2.25. The van der Waals surface area contributed by atoms with Crippen molar-refractivity contribution in [2.45, 2.75) is 6.92 Å². The van der Waals surface area contributed by atoms with Gasteiger partial charge < -0.3 is 15.1 Å². The molecule has 1 aliphatic rings. The van der Waals surface area contributed by atoms with E-state index in [1.807, 2.05) is 48.2 Å². The maximum Gasteiger partial charge on any atom is 0.257 e. The van der Waals surface area contributed by atoms with Gasteiger partial charge in [0.05, 0.1) is 16.4 Å². The van der Waals surface area contributed by atoms with Crippen LogP contribution in [0.2, 0.25) is 10.0 Å². The van der Waals surface area contributed by atoms with Gasteiger partial charge in [0.1, 0.15) is 0 Å². The monoisotopic (exact) mass is 526 g/mol. The van der Waals surface area contributed by atoms with Crippen molar-refractivity contribution in [3.05, 3.63) is 93.5 Å². The molecule has 1 heterocycles. The summed E-state index contributed by atoms with van der Waals surface area (Å²) in [5.41, 5.74) is 3.70. The van der Waals surface area contributed by atoms with Crippen LogP contribution < -0.4 is 15.5 Å². The smallest absolute Gasteiger partial charge is 0.257 e. The van der Waals surface area contributed by atoms with Crippen LogP contribution in [0.4, 0.5) is 11.4 Å². The summed E-state index contributed by atoms with van der Waals surface area (Å²) < 4.78 is 0. The molecule has 0 bridgehead atoms. The number of rotatable bonds is 4. The molecule has 0 radical (unpaired) electrons. The molecular weight excluding hydrogens is 503 g/mol. The van der Waals surface area contributed by atoms with Gasteiger partial charge >= 0.3 is 0 Å². The molecule has 0 unspecified atom stereocenters. The first kappa shape index (κ1) is 25.0. The number of benzene rings is 3. The molecule has 6 nitrogen and oxygen atoms in total. The van der Waals surface area contributed by atoms with Gasteiger partial charge in [0.2, 0.25) is 0 Å². The van der Waals surface area contributed by atoms with Gasteiger partial charge in [-0.15, -0.1) is 0 Å². The fourth-order valence-electron chi connectivity index (χ4n) is 3.88. The van der Waals surface area contributed by atoms with Gasteiger partial charge in [-0.05, 0) is 67.7 Å². The summed E-state index contributed by atoms with van der Waals surface area (Å²) in [6.07, 6.45) is 0. The lowest BCUT2D eigenvalue weighted by molar-refractivity contribution is 0.0746. The van der Waals surface area contributed by atoms with Crippen molar-refractivity contribution in [2.75, 3.05) is 36.4 Å². The Bertz CT molecular complexity index is 1240. The number of hydrogen-bond acceptors (Lipinski definition) is 4. The minimum absolute atomic E-state index is 0.0215. The molecule has 0 aliphatic carbocycles. The van der Waals surface area contributed by atoms with Crippen molar-refractivity contribution in [3.63, 3.8) is 0 Å². The minimum atomic E-state index is -0.342. The van der Waals surface area contributed by atoms with E-state index in [2.05, 4.69) is 15.5 Å². The second-order valence-electron chi connectivity index (χ2n) is 8.20.